The Balaban J connectivity index is 2.70. The monoisotopic (exact) mass is 269 g/mol. The number of hydrogen-bond donors (Lipinski definition) is 1. The van der Waals surface area contributed by atoms with Crippen LogP contribution in [0.25, 0.3) is 0 Å². The van der Waals surface area contributed by atoms with Crippen molar-refractivity contribution in [3.8, 4) is 5.75 Å². The second-order valence-corrected chi connectivity index (χ2v) is 5.09. The Bertz CT molecular complexity index is 411. The zero-order chi connectivity index (χ0) is 13.6. The minimum atomic E-state index is -0.692. The molecule has 1 unspecified atom stereocenters. The second-order valence-electron chi connectivity index (χ2n) is 4.04. The summed E-state index contributed by atoms with van der Waals surface area (Å²) in [6.07, 6.45) is 0. The molecule has 0 radical (unpaired) electrons. The first kappa shape index (κ1) is 14.9. The highest BCUT2D eigenvalue weighted by Gasteiger charge is 2.32. The Kier molecular flexibility index (Phi) is 5.50. The molecule has 5 heteroatoms. The van der Waals surface area contributed by atoms with E-state index in [2.05, 4.69) is 5.32 Å². The highest BCUT2D eigenvalue weighted by molar-refractivity contribution is 7.99. The number of thioether (sulfide) groups is 1. The summed E-state index contributed by atoms with van der Waals surface area (Å²) in [6.45, 7) is 1.83. The molecule has 0 aromatic heterocycles. The van der Waals surface area contributed by atoms with Crippen LogP contribution in [-0.4, -0.2) is 38.5 Å². The number of nitrogens with one attached hydrogen (secondary N) is 1. The highest BCUT2D eigenvalue weighted by atomic mass is 32.2. The van der Waals surface area contributed by atoms with Crippen LogP contribution < -0.4 is 10.1 Å². The zero-order valence-corrected chi connectivity index (χ0v) is 12.0. The van der Waals surface area contributed by atoms with Crippen molar-refractivity contribution < 1.29 is 14.3 Å². The van der Waals surface area contributed by atoms with Gasteiger partial charge in [0, 0.05) is 10.6 Å². The van der Waals surface area contributed by atoms with Gasteiger partial charge in [-0.3, -0.25) is 4.79 Å². The molecule has 1 aromatic carbocycles. The third-order valence-electron chi connectivity index (χ3n) is 2.76. The maximum Gasteiger partial charge on any atom is 0.326 e. The third kappa shape index (κ3) is 3.65. The summed E-state index contributed by atoms with van der Waals surface area (Å²) < 4.78 is 9.96. The molecule has 0 aliphatic rings. The van der Waals surface area contributed by atoms with Crippen LogP contribution in [0.5, 0.6) is 5.75 Å². The van der Waals surface area contributed by atoms with Crippen LogP contribution in [0.15, 0.2) is 29.2 Å². The van der Waals surface area contributed by atoms with Crippen molar-refractivity contribution in [1.82, 2.24) is 5.32 Å². The standard InChI is InChI=1S/C13H19NO3S/c1-13(14-2,12(15)17-4)9-18-11-7-5-6-10(8-11)16-3/h5-8,14H,9H2,1-4H3. The molecule has 1 atom stereocenters. The van der Waals surface area contributed by atoms with E-state index in [-0.39, 0.29) is 5.97 Å². The molecule has 0 bridgehead atoms. The number of ether oxygens (including phenoxy) is 2. The van der Waals surface area contributed by atoms with Crippen molar-refractivity contribution in [3.05, 3.63) is 24.3 Å². The molecule has 1 aromatic rings. The summed E-state index contributed by atoms with van der Waals surface area (Å²) in [6, 6.07) is 7.75. The minimum absolute atomic E-state index is 0.264. The van der Waals surface area contributed by atoms with Gasteiger partial charge in [-0.1, -0.05) is 6.07 Å². The zero-order valence-electron chi connectivity index (χ0n) is 11.1. The fraction of sp³-hybridized carbons (Fsp3) is 0.462. The maximum absolute atomic E-state index is 11.7. The first-order chi connectivity index (χ1) is 8.55. The highest BCUT2D eigenvalue weighted by Crippen LogP contribution is 2.26. The van der Waals surface area contributed by atoms with Gasteiger partial charge in [0.15, 0.2) is 0 Å². The SMILES string of the molecule is CNC(C)(CSc1cccc(OC)c1)C(=O)OC. The van der Waals surface area contributed by atoms with Gasteiger partial charge < -0.3 is 14.8 Å². The number of methoxy groups -OCH3 is 2. The number of carbonyl (C=O) groups is 1. The fourth-order valence-electron chi connectivity index (χ4n) is 1.38. The van der Waals surface area contributed by atoms with Crippen molar-refractivity contribution in [2.24, 2.45) is 0 Å². The molecule has 0 amide bonds. The van der Waals surface area contributed by atoms with Crippen LogP contribution in [0, 0.1) is 0 Å². The molecular formula is C13H19NO3S. The summed E-state index contributed by atoms with van der Waals surface area (Å²) in [5, 5.41) is 3.00. The Hall–Kier alpha value is -1.20. The molecule has 0 heterocycles. The number of benzene rings is 1. The fourth-order valence-corrected chi connectivity index (χ4v) is 2.47. The van der Waals surface area contributed by atoms with E-state index in [0.717, 1.165) is 10.6 Å². The summed E-state index contributed by atoms with van der Waals surface area (Å²) in [7, 11) is 4.78. The van der Waals surface area contributed by atoms with E-state index >= 15 is 0 Å². The van der Waals surface area contributed by atoms with Gasteiger partial charge >= 0.3 is 5.97 Å². The largest absolute Gasteiger partial charge is 0.497 e. The Morgan fingerprint density at radius 3 is 2.72 bits per heavy atom. The Morgan fingerprint density at radius 2 is 2.17 bits per heavy atom. The predicted octanol–water partition coefficient (Wildman–Crippen LogP) is 1.94. The van der Waals surface area contributed by atoms with Gasteiger partial charge in [-0.25, -0.2) is 0 Å². The van der Waals surface area contributed by atoms with Crippen LogP contribution in [0.2, 0.25) is 0 Å². The number of esters is 1. The normalized spacial score (nSPS) is 13.8. The molecule has 0 aliphatic carbocycles. The van der Waals surface area contributed by atoms with Crippen molar-refractivity contribution in [1.29, 1.82) is 0 Å². The minimum Gasteiger partial charge on any atom is -0.497 e. The summed E-state index contributed by atoms with van der Waals surface area (Å²) in [5.74, 6) is 1.13. The van der Waals surface area contributed by atoms with E-state index in [0.29, 0.717) is 5.75 Å². The van der Waals surface area contributed by atoms with E-state index in [4.69, 9.17) is 9.47 Å². The van der Waals surface area contributed by atoms with E-state index < -0.39 is 5.54 Å². The van der Waals surface area contributed by atoms with E-state index in [1.165, 1.54) is 7.11 Å². The Labute approximate surface area is 112 Å². The molecule has 0 saturated heterocycles. The summed E-state index contributed by atoms with van der Waals surface area (Å²) in [4.78, 5) is 12.7. The lowest BCUT2D eigenvalue weighted by atomic mass is 10.1. The molecule has 18 heavy (non-hydrogen) atoms. The third-order valence-corrected chi connectivity index (χ3v) is 4.07. The lowest BCUT2D eigenvalue weighted by Crippen LogP contribution is -2.50. The average Bonchev–Trinajstić information content (AvgIpc) is 2.44. The molecule has 4 nitrogen and oxygen atoms in total. The molecule has 0 saturated carbocycles. The molecule has 1 N–H and O–H groups in total. The number of carbonyl (C=O) groups excluding carboxylic acids is 1. The van der Waals surface area contributed by atoms with Crippen molar-refractivity contribution >= 4 is 17.7 Å². The van der Waals surface area contributed by atoms with Gasteiger partial charge in [0.1, 0.15) is 11.3 Å². The molecule has 1 rings (SSSR count). The van der Waals surface area contributed by atoms with Gasteiger partial charge in [-0.05, 0) is 32.2 Å². The summed E-state index contributed by atoms with van der Waals surface area (Å²) >= 11 is 1.58. The lowest BCUT2D eigenvalue weighted by Gasteiger charge is -2.25. The molecule has 0 fully saturated rings. The lowest BCUT2D eigenvalue weighted by molar-refractivity contribution is -0.146. The average molecular weight is 269 g/mol. The summed E-state index contributed by atoms with van der Waals surface area (Å²) in [5.41, 5.74) is -0.692. The molecule has 0 spiro atoms. The number of rotatable bonds is 6. The van der Waals surface area contributed by atoms with Gasteiger partial charge in [0.2, 0.25) is 0 Å². The van der Waals surface area contributed by atoms with E-state index in [1.54, 1.807) is 25.9 Å². The number of hydrogen-bond acceptors (Lipinski definition) is 5. The van der Waals surface area contributed by atoms with Gasteiger partial charge in [-0.15, -0.1) is 11.8 Å². The van der Waals surface area contributed by atoms with Crippen LogP contribution in [0.3, 0.4) is 0 Å². The maximum atomic E-state index is 11.7. The van der Waals surface area contributed by atoms with Crippen LogP contribution in [0.1, 0.15) is 6.92 Å². The van der Waals surface area contributed by atoms with Gasteiger partial charge in [0.25, 0.3) is 0 Å². The van der Waals surface area contributed by atoms with Gasteiger partial charge in [-0.2, -0.15) is 0 Å². The van der Waals surface area contributed by atoms with Crippen molar-refractivity contribution in [2.45, 2.75) is 17.4 Å². The molecule has 100 valence electrons. The van der Waals surface area contributed by atoms with Crippen LogP contribution >= 0.6 is 11.8 Å². The Morgan fingerprint density at radius 1 is 1.44 bits per heavy atom. The van der Waals surface area contributed by atoms with Crippen LogP contribution in [0.4, 0.5) is 0 Å². The van der Waals surface area contributed by atoms with E-state index in [9.17, 15) is 4.79 Å². The number of likely N-dealkylation sites (N-methyl/N-ethyl adjacent to an activating group) is 1. The topological polar surface area (TPSA) is 47.6 Å². The predicted molar refractivity (Wildman–Crippen MR) is 73.2 cm³/mol. The second kappa shape index (κ2) is 6.66. The quantitative estimate of drug-likeness (QED) is 0.632. The molecular weight excluding hydrogens is 250 g/mol. The van der Waals surface area contributed by atoms with Crippen molar-refractivity contribution in [3.63, 3.8) is 0 Å². The smallest absolute Gasteiger partial charge is 0.326 e. The van der Waals surface area contributed by atoms with E-state index in [1.807, 2.05) is 31.2 Å². The van der Waals surface area contributed by atoms with Gasteiger partial charge in [0.05, 0.1) is 14.2 Å². The first-order valence-corrected chi connectivity index (χ1v) is 6.58. The first-order valence-electron chi connectivity index (χ1n) is 5.60. The van der Waals surface area contributed by atoms with Crippen molar-refractivity contribution in [2.75, 3.05) is 27.0 Å². The molecule has 0 aliphatic heterocycles. The van der Waals surface area contributed by atoms with Crippen LogP contribution in [-0.2, 0) is 9.53 Å².